The van der Waals surface area contributed by atoms with Gasteiger partial charge in [0.05, 0.1) is 11.3 Å². The number of carbonyl (C=O) groups is 2. The van der Waals surface area contributed by atoms with Gasteiger partial charge in [-0.2, -0.15) is 0 Å². The Morgan fingerprint density at radius 3 is 2.60 bits per heavy atom. The van der Waals surface area contributed by atoms with Gasteiger partial charge in [0.1, 0.15) is 5.75 Å². The van der Waals surface area contributed by atoms with Crippen molar-refractivity contribution >= 4 is 17.6 Å². The molecule has 1 amide bonds. The van der Waals surface area contributed by atoms with E-state index < -0.39 is 5.97 Å². The first-order chi connectivity index (χ1) is 9.31. The quantitative estimate of drug-likeness (QED) is 0.741. The minimum absolute atomic E-state index is 0.0651. The summed E-state index contributed by atoms with van der Waals surface area (Å²) in [6.07, 6.45) is 2.82. The maximum atomic E-state index is 12.3. The monoisotopic (exact) mass is 277 g/mol. The van der Waals surface area contributed by atoms with Crippen molar-refractivity contribution in [3.05, 3.63) is 23.8 Å². The van der Waals surface area contributed by atoms with E-state index in [1.807, 2.05) is 0 Å². The highest BCUT2D eigenvalue weighted by atomic mass is 16.4. The third kappa shape index (κ3) is 2.76. The van der Waals surface area contributed by atoms with Gasteiger partial charge in [0, 0.05) is 5.92 Å². The molecule has 1 aromatic rings. The van der Waals surface area contributed by atoms with Crippen LogP contribution in [-0.2, 0) is 4.79 Å². The lowest BCUT2D eigenvalue weighted by molar-refractivity contribution is -0.122. The van der Waals surface area contributed by atoms with E-state index >= 15 is 0 Å². The van der Waals surface area contributed by atoms with E-state index in [1.54, 1.807) is 0 Å². The van der Waals surface area contributed by atoms with E-state index in [0.29, 0.717) is 0 Å². The summed E-state index contributed by atoms with van der Waals surface area (Å²) >= 11 is 0. The van der Waals surface area contributed by atoms with E-state index in [9.17, 15) is 14.7 Å². The zero-order valence-electron chi connectivity index (χ0n) is 11.6. The molecular formula is C15H19NO4. The van der Waals surface area contributed by atoms with Gasteiger partial charge < -0.3 is 15.5 Å². The lowest BCUT2D eigenvalue weighted by atomic mass is 9.81. The van der Waals surface area contributed by atoms with Crippen molar-refractivity contribution < 1.29 is 19.8 Å². The van der Waals surface area contributed by atoms with Crippen LogP contribution in [0.15, 0.2) is 18.2 Å². The zero-order valence-corrected chi connectivity index (χ0v) is 11.6. The predicted molar refractivity (Wildman–Crippen MR) is 74.8 cm³/mol. The molecule has 1 aliphatic carbocycles. The summed E-state index contributed by atoms with van der Waals surface area (Å²) in [5.41, 5.74) is 0.0573. The van der Waals surface area contributed by atoms with Gasteiger partial charge in [-0.15, -0.1) is 0 Å². The topological polar surface area (TPSA) is 86.6 Å². The maximum absolute atomic E-state index is 12.3. The van der Waals surface area contributed by atoms with Gasteiger partial charge in [0.15, 0.2) is 0 Å². The molecule has 20 heavy (non-hydrogen) atoms. The number of carboxylic acid groups (broad SMARTS) is 1. The molecule has 0 aliphatic heterocycles. The molecule has 0 aromatic heterocycles. The first kappa shape index (κ1) is 14.4. The van der Waals surface area contributed by atoms with E-state index in [4.69, 9.17) is 5.11 Å². The highest BCUT2D eigenvalue weighted by Gasteiger charge is 2.39. The normalized spacial score (nSPS) is 20.6. The van der Waals surface area contributed by atoms with Gasteiger partial charge in [-0.25, -0.2) is 4.79 Å². The summed E-state index contributed by atoms with van der Waals surface area (Å²) in [4.78, 5) is 23.5. The van der Waals surface area contributed by atoms with Crippen molar-refractivity contribution in [2.75, 3.05) is 5.32 Å². The number of amides is 1. The van der Waals surface area contributed by atoms with E-state index in [0.717, 1.165) is 25.3 Å². The number of hydrogen-bond donors (Lipinski definition) is 3. The molecule has 1 unspecified atom stereocenters. The summed E-state index contributed by atoms with van der Waals surface area (Å²) < 4.78 is 0. The van der Waals surface area contributed by atoms with Gasteiger partial charge in [-0.1, -0.05) is 20.3 Å². The molecule has 1 saturated carbocycles. The molecule has 5 nitrogen and oxygen atoms in total. The van der Waals surface area contributed by atoms with E-state index in [2.05, 4.69) is 19.2 Å². The highest BCUT2D eigenvalue weighted by Crippen LogP contribution is 2.43. The molecule has 1 fully saturated rings. The van der Waals surface area contributed by atoms with Crippen LogP contribution in [0, 0.1) is 11.3 Å². The van der Waals surface area contributed by atoms with Crippen LogP contribution in [-0.4, -0.2) is 22.1 Å². The molecule has 0 heterocycles. The van der Waals surface area contributed by atoms with E-state index in [-0.39, 0.29) is 34.2 Å². The van der Waals surface area contributed by atoms with Crippen molar-refractivity contribution in [3.63, 3.8) is 0 Å². The van der Waals surface area contributed by atoms with Crippen LogP contribution in [0.3, 0.4) is 0 Å². The number of phenols is 1. The molecule has 0 spiro atoms. The number of nitrogens with one attached hydrogen (secondary N) is 1. The zero-order chi connectivity index (χ0) is 14.9. The Morgan fingerprint density at radius 2 is 2.05 bits per heavy atom. The van der Waals surface area contributed by atoms with Gasteiger partial charge >= 0.3 is 5.97 Å². The first-order valence-corrected chi connectivity index (χ1v) is 6.68. The van der Waals surface area contributed by atoms with E-state index in [1.165, 1.54) is 12.1 Å². The number of anilines is 1. The second-order valence-corrected chi connectivity index (χ2v) is 5.96. The number of hydrogen-bond acceptors (Lipinski definition) is 3. The van der Waals surface area contributed by atoms with Crippen molar-refractivity contribution in [2.24, 2.45) is 11.3 Å². The second-order valence-electron chi connectivity index (χ2n) is 5.96. The summed E-state index contributed by atoms with van der Waals surface area (Å²) in [5.74, 6) is -1.58. The van der Waals surface area contributed by atoms with Crippen molar-refractivity contribution in [2.45, 2.75) is 33.1 Å². The molecule has 3 N–H and O–H groups in total. The number of phenolic OH excluding ortho intramolecular Hbond substituents is 1. The molecule has 1 atom stereocenters. The Labute approximate surface area is 117 Å². The van der Waals surface area contributed by atoms with Gasteiger partial charge in [-0.05, 0) is 36.5 Å². The summed E-state index contributed by atoms with van der Waals surface area (Å²) in [5, 5.41) is 21.1. The molecule has 108 valence electrons. The van der Waals surface area contributed by atoms with Crippen LogP contribution in [0.4, 0.5) is 5.69 Å². The molecule has 0 bridgehead atoms. The average Bonchev–Trinajstić information content (AvgIpc) is 2.71. The number of benzene rings is 1. The molecule has 0 saturated heterocycles. The van der Waals surface area contributed by atoms with Gasteiger partial charge in [0.25, 0.3) is 0 Å². The average molecular weight is 277 g/mol. The molecule has 2 rings (SSSR count). The standard InChI is InChI=1S/C15H19NO4/c1-15(2)7-3-4-11(15)13(18)16-12-6-5-9(17)8-10(12)14(19)20/h5-6,8,11,17H,3-4,7H2,1-2H3,(H,16,18)(H,19,20). The molecule has 1 aliphatic rings. The van der Waals surface area contributed by atoms with Crippen LogP contribution in [0.1, 0.15) is 43.5 Å². The maximum Gasteiger partial charge on any atom is 0.337 e. The predicted octanol–water partition coefficient (Wildman–Crippen LogP) is 2.86. The Hall–Kier alpha value is -2.04. The SMILES string of the molecule is CC1(C)CCCC1C(=O)Nc1ccc(O)cc1C(=O)O. The summed E-state index contributed by atoms with van der Waals surface area (Å²) in [6.45, 7) is 4.11. The Morgan fingerprint density at radius 1 is 1.35 bits per heavy atom. The third-order valence-corrected chi connectivity index (χ3v) is 4.07. The van der Waals surface area contributed by atoms with Gasteiger partial charge in [-0.3, -0.25) is 4.79 Å². The fourth-order valence-corrected chi connectivity index (χ4v) is 2.85. The van der Waals surface area contributed by atoms with Crippen molar-refractivity contribution in [3.8, 4) is 5.75 Å². The summed E-state index contributed by atoms with van der Waals surface area (Å²) in [6, 6.07) is 3.91. The number of rotatable bonds is 3. The minimum atomic E-state index is -1.18. The number of aromatic hydroxyl groups is 1. The number of aromatic carboxylic acids is 1. The smallest absolute Gasteiger partial charge is 0.337 e. The van der Waals surface area contributed by atoms with Crippen molar-refractivity contribution in [1.29, 1.82) is 0 Å². The third-order valence-electron chi connectivity index (χ3n) is 4.07. The lowest BCUT2D eigenvalue weighted by Crippen LogP contribution is -2.31. The Bertz CT molecular complexity index is 551. The van der Waals surface area contributed by atoms with Crippen LogP contribution < -0.4 is 5.32 Å². The Kier molecular flexibility index (Phi) is 3.70. The highest BCUT2D eigenvalue weighted by molar-refractivity contribution is 6.01. The fourth-order valence-electron chi connectivity index (χ4n) is 2.85. The Balaban J connectivity index is 2.22. The minimum Gasteiger partial charge on any atom is -0.508 e. The lowest BCUT2D eigenvalue weighted by Gasteiger charge is -2.26. The van der Waals surface area contributed by atoms with Crippen LogP contribution in [0.25, 0.3) is 0 Å². The van der Waals surface area contributed by atoms with Crippen LogP contribution >= 0.6 is 0 Å². The van der Waals surface area contributed by atoms with Crippen LogP contribution in [0.2, 0.25) is 0 Å². The number of carbonyl (C=O) groups excluding carboxylic acids is 1. The largest absolute Gasteiger partial charge is 0.508 e. The number of carboxylic acids is 1. The van der Waals surface area contributed by atoms with Crippen molar-refractivity contribution in [1.82, 2.24) is 0 Å². The summed E-state index contributed by atoms with van der Waals surface area (Å²) in [7, 11) is 0. The first-order valence-electron chi connectivity index (χ1n) is 6.68. The molecular weight excluding hydrogens is 258 g/mol. The fraction of sp³-hybridized carbons (Fsp3) is 0.467. The second kappa shape index (κ2) is 5.15. The van der Waals surface area contributed by atoms with Gasteiger partial charge in [0.2, 0.25) is 5.91 Å². The molecule has 5 heteroatoms. The molecule has 0 radical (unpaired) electrons. The van der Waals surface area contributed by atoms with Crippen LogP contribution in [0.5, 0.6) is 5.75 Å². The molecule has 1 aromatic carbocycles.